The lowest BCUT2D eigenvalue weighted by Crippen LogP contribution is -1.93. The first-order chi connectivity index (χ1) is 7.22. The summed E-state index contributed by atoms with van der Waals surface area (Å²) in [6, 6.07) is 3.64. The van der Waals surface area contributed by atoms with Gasteiger partial charge < -0.3 is 5.73 Å². The number of nitrogens with zero attached hydrogens (tertiary/aromatic N) is 4. The van der Waals surface area contributed by atoms with Crippen molar-refractivity contribution in [2.24, 2.45) is 5.11 Å². The number of aryl methyl sites for hydroxylation is 1. The minimum Gasteiger partial charge on any atom is -0.384 e. The quantitative estimate of drug-likeness (QED) is 0.261. The Morgan fingerprint density at radius 1 is 1.60 bits per heavy atom. The molecule has 0 bridgehead atoms. The molecule has 0 aromatic carbocycles. The fourth-order valence-corrected chi connectivity index (χ4v) is 1.06. The van der Waals surface area contributed by atoms with Crippen molar-refractivity contribution in [3.63, 3.8) is 0 Å². The van der Waals surface area contributed by atoms with E-state index in [-0.39, 0.29) is 0 Å². The third kappa shape index (κ3) is 4.03. The number of azide groups is 1. The minimum absolute atomic E-state index is 0.380. The van der Waals surface area contributed by atoms with Gasteiger partial charge in [-0.1, -0.05) is 11.0 Å². The lowest BCUT2D eigenvalue weighted by molar-refractivity contribution is 1.01. The molecule has 0 amide bonds. The molecule has 0 saturated carbocycles. The van der Waals surface area contributed by atoms with Crippen LogP contribution < -0.4 is 5.73 Å². The monoisotopic (exact) mass is 201 g/mol. The van der Waals surface area contributed by atoms with Gasteiger partial charge in [0.05, 0.1) is 0 Å². The third-order valence-electron chi connectivity index (χ3n) is 1.61. The first-order valence-electron chi connectivity index (χ1n) is 4.46. The van der Waals surface area contributed by atoms with E-state index < -0.39 is 0 Å². The van der Waals surface area contributed by atoms with Crippen molar-refractivity contribution in [1.29, 1.82) is 0 Å². The molecule has 0 radical (unpaired) electrons. The Labute approximate surface area is 87.9 Å². The molecule has 1 aromatic rings. The average molecular weight is 201 g/mol. The highest BCUT2D eigenvalue weighted by molar-refractivity contribution is 5.40. The van der Waals surface area contributed by atoms with Crippen LogP contribution in [0.1, 0.15) is 17.7 Å². The largest absolute Gasteiger partial charge is 0.384 e. The summed E-state index contributed by atoms with van der Waals surface area (Å²) in [6.45, 7) is 2.31. The molecule has 0 unspecified atom stereocenters. The number of nitrogen functional groups attached to an aromatic ring is 1. The molecule has 5 nitrogen and oxygen atoms in total. The Morgan fingerprint density at radius 3 is 3.07 bits per heavy atom. The Kier molecular flexibility index (Phi) is 4.02. The Bertz CT molecular complexity index is 428. The highest BCUT2D eigenvalue weighted by Crippen LogP contribution is 2.04. The van der Waals surface area contributed by atoms with Crippen molar-refractivity contribution < 1.29 is 0 Å². The summed E-state index contributed by atoms with van der Waals surface area (Å²) in [4.78, 5) is 6.68. The van der Waals surface area contributed by atoms with Gasteiger partial charge in [-0.25, -0.2) is 4.98 Å². The van der Waals surface area contributed by atoms with Crippen LogP contribution in [0.15, 0.2) is 17.2 Å². The topological polar surface area (TPSA) is 87.7 Å². The van der Waals surface area contributed by atoms with Gasteiger partial charge in [0.15, 0.2) is 0 Å². The van der Waals surface area contributed by atoms with E-state index in [4.69, 9.17) is 11.3 Å². The average Bonchev–Trinajstić information content (AvgIpc) is 2.16. The number of aromatic nitrogens is 1. The molecule has 2 N–H and O–H groups in total. The van der Waals surface area contributed by atoms with Crippen LogP contribution in [0.4, 0.5) is 5.82 Å². The van der Waals surface area contributed by atoms with E-state index in [0.717, 1.165) is 5.56 Å². The van der Waals surface area contributed by atoms with Gasteiger partial charge in [0.1, 0.15) is 11.5 Å². The zero-order valence-corrected chi connectivity index (χ0v) is 8.44. The molecule has 15 heavy (non-hydrogen) atoms. The Hall–Kier alpha value is -2.18. The number of pyridine rings is 1. The molecule has 0 spiro atoms. The second-order valence-electron chi connectivity index (χ2n) is 2.96. The molecule has 1 heterocycles. The van der Waals surface area contributed by atoms with Gasteiger partial charge in [0.25, 0.3) is 0 Å². The lowest BCUT2D eigenvalue weighted by atomic mass is 10.2. The standard InChI is InChI=1S/C10H11N5/c1-8-6-9(14-10(11)7-8)4-2-3-5-13-15-12/h6-7H,3,5H2,1H3,(H2,11,14). The minimum atomic E-state index is 0.380. The molecular formula is C10H11N5. The maximum Gasteiger partial charge on any atom is 0.125 e. The van der Waals surface area contributed by atoms with Gasteiger partial charge in [0.2, 0.25) is 0 Å². The number of rotatable bonds is 2. The normalized spacial score (nSPS) is 8.60. The zero-order valence-electron chi connectivity index (χ0n) is 8.44. The Morgan fingerprint density at radius 2 is 2.40 bits per heavy atom. The van der Waals surface area contributed by atoms with E-state index in [0.29, 0.717) is 24.5 Å². The van der Waals surface area contributed by atoms with Crippen molar-refractivity contribution in [1.82, 2.24) is 4.98 Å². The molecule has 0 aliphatic carbocycles. The molecule has 0 aliphatic rings. The molecule has 0 atom stereocenters. The van der Waals surface area contributed by atoms with Crippen LogP contribution in [0.3, 0.4) is 0 Å². The highest BCUT2D eigenvalue weighted by atomic mass is 15.1. The maximum atomic E-state index is 8.04. The summed E-state index contributed by atoms with van der Waals surface area (Å²) in [5.74, 6) is 6.19. The van der Waals surface area contributed by atoms with Gasteiger partial charge in [-0.2, -0.15) is 0 Å². The maximum absolute atomic E-state index is 8.04. The second-order valence-corrected chi connectivity index (χ2v) is 2.96. The summed E-state index contributed by atoms with van der Waals surface area (Å²) in [5, 5.41) is 3.37. The van der Waals surface area contributed by atoms with Crippen LogP contribution in [0.5, 0.6) is 0 Å². The van der Waals surface area contributed by atoms with Crippen LogP contribution in [0.25, 0.3) is 10.4 Å². The number of hydrogen-bond donors (Lipinski definition) is 1. The van der Waals surface area contributed by atoms with Gasteiger partial charge in [-0.05, 0) is 36.1 Å². The van der Waals surface area contributed by atoms with Crippen molar-refractivity contribution >= 4 is 5.82 Å². The van der Waals surface area contributed by atoms with Crippen LogP contribution in [-0.4, -0.2) is 11.5 Å². The molecule has 0 aliphatic heterocycles. The van der Waals surface area contributed by atoms with Crippen LogP contribution in [-0.2, 0) is 0 Å². The molecule has 0 saturated heterocycles. The van der Waals surface area contributed by atoms with Gasteiger partial charge >= 0.3 is 0 Å². The fraction of sp³-hybridized carbons (Fsp3) is 0.300. The fourth-order valence-electron chi connectivity index (χ4n) is 1.06. The summed E-state index contributed by atoms with van der Waals surface area (Å²) in [7, 11) is 0. The molecule has 5 heteroatoms. The van der Waals surface area contributed by atoms with Crippen LogP contribution in [0, 0.1) is 18.8 Å². The summed E-state index contributed by atoms with van der Waals surface area (Å²) in [6.07, 6.45) is 0.527. The smallest absolute Gasteiger partial charge is 0.125 e. The van der Waals surface area contributed by atoms with Crippen molar-refractivity contribution in [3.8, 4) is 11.8 Å². The van der Waals surface area contributed by atoms with Gasteiger partial charge in [0, 0.05) is 17.9 Å². The molecule has 1 aromatic heterocycles. The summed E-state index contributed by atoms with van der Waals surface area (Å²) >= 11 is 0. The van der Waals surface area contributed by atoms with Crippen molar-refractivity contribution in [3.05, 3.63) is 33.8 Å². The lowest BCUT2D eigenvalue weighted by Gasteiger charge is -1.96. The summed E-state index contributed by atoms with van der Waals surface area (Å²) in [5.41, 5.74) is 15.3. The Balaban J connectivity index is 2.67. The van der Waals surface area contributed by atoms with Crippen molar-refractivity contribution in [2.45, 2.75) is 13.3 Å². The van der Waals surface area contributed by atoms with E-state index >= 15 is 0 Å². The van der Waals surface area contributed by atoms with E-state index in [9.17, 15) is 0 Å². The predicted octanol–water partition coefficient (Wildman–Crippen LogP) is 2.02. The highest BCUT2D eigenvalue weighted by Gasteiger charge is 1.93. The first kappa shape index (κ1) is 10.9. The molecule has 0 fully saturated rings. The zero-order chi connectivity index (χ0) is 11.1. The van der Waals surface area contributed by atoms with E-state index in [1.165, 1.54) is 0 Å². The number of anilines is 1. The number of nitrogens with two attached hydrogens (primary N) is 1. The SMILES string of the molecule is Cc1cc(N)nc(C#CCCN=[N+]=[N-])c1. The van der Waals surface area contributed by atoms with E-state index in [1.807, 2.05) is 13.0 Å². The van der Waals surface area contributed by atoms with Crippen LogP contribution >= 0.6 is 0 Å². The molecular weight excluding hydrogens is 190 g/mol. The molecule has 1 rings (SSSR count). The van der Waals surface area contributed by atoms with Crippen molar-refractivity contribution in [2.75, 3.05) is 12.3 Å². The summed E-state index contributed by atoms with van der Waals surface area (Å²) < 4.78 is 0. The third-order valence-corrected chi connectivity index (χ3v) is 1.61. The predicted molar refractivity (Wildman–Crippen MR) is 58.9 cm³/mol. The van der Waals surface area contributed by atoms with Crippen LogP contribution in [0.2, 0.25) is 0 Å². The van der Waals surface area contributed by atoms with Gasteiger partial charge in [-0.15, -0.1) is 0 Å². The molecule has 76 valence electrons. The van der Waals surface area contributed by atoms with E-state index in [2.05, 4.69) is 26.9 Å². The van der Waals surface area contributed by atoms with Gasteiger partial charge in [-0.3, -0.25) is 0 Å². The van der Waals surface area contributed by atoms with E-state index in [1.54, 1.807) is 6.07 Å². The first-order valence-corrected chi connectivity index (χ1v) is 4.46. The second kappa shape index (κ2) is 5.53. The number of hydrogen-bond acceptors (Lipinski definition) is 3.